The lowest BCUT2D eigenvalue weighted by atomic mass is 10.1. The molecule has 0 N–H and O–H groups in total. The van der Waals surface area contributed by atoms with E-state index in [9.17, 15) is 18.5 Å². The third-order valence-electron chi connectivity index (χ3n) is 2.13. The van der Waals surface area contributed by atoms with E-state index >= 15 is 0 Å². The van der Waals surface area contributed by atoms with Gasteiger partial charge in [-0.05, 0) is 0 Å². The standard InChI is InChI=1S/C9H7N3O4S2/c1-18(15,16)9-8(10-11-17-9)6-3-2-4-7(5-6)12(13)14/h2-5H,1H3. The second-order valence-electron chi connectivity index (χ2n) is 3.49. The van der Waals surface area contributed by atoms with Crippen LogP contribution in [0.5, 0.6) is 0 Å². The van der Waals surface area contributed by atoms with Gasteiger partial charge in [0.05, 0.1) is 4.92 Å². The molecule has 0 saturated heterocycles. The Hall–Kier alpha value is -1.87. The van der Waals surface area contributed by atoms with Crippen LogP contribution < -0.4 is 0 Å². The highest BCUT2D eigenvalue weighted by Crippen LogP contribution is 2.29. The number of benzene rings is 1. The smallest absolute Gasteiger partial charge is 0.258 e. The van der Waals surface area contributed by atoms with Gasteiger partial charge in [-0.25, -0.2) is 8.42 Å². The molecule has 0 aliphatic carbocycles. The number of aromatic nitrogens is 2. The Labute approximate surface area is 106 Å². The van der Waals surface area contributed by atoms with Crippen LogP contribution in [-0.4, -0.2) is 29.2 Å². The fraction of sp³-hybridized carbons (Fsp3) is 0.111. The average molecular weight is 285 g/mol. The molecule has 1 aromatic carbocycles. The zero-order valence-corrected chi connectivity index (χ0v) is 10.7. The minimum absolute atomic E-state index is 0.00278. The Balaban J connectivity index is 2.60. The first-order chi connectivity index (χ1) is 8.39. The number of nitrogens with zero attached hydrogens (tertiary/aromatic N) is 3. The van der Waals surface area contributed by atoms with Gasteiger partial charge in [0.1, 0.15) is 5.69 Å². The highest BCUT2D eigenvalue weighted by atomic mass is 32.2. The molecule has 0 amide bonds. The number of nitro groups is 1. The van der Waals surface area contributed by atoms with E-state index in [0.29, 0.717) is 5.56 Å². The van der Waals surface area contributed by atoms with Crippen molar-refractivity contribution in [1.82, 2.24) is 9.59 Å². The van der Waals surface area contributed by atoms with E-state index < -0.39 is 14.8 Å². The van der Waals surface area contributed by atoms with Crippen LogP contribution in [0.2, 0.25) is 0 Å². The van der Waals surface area contributed by atoms with Crippen LogP contribution in [-0.2, 0) is 9.84 Å². The highest BCUT2D eigenvalue weighted by Gasteiger charge is 2.20. The van der Waals surface area contributed by atoms with Gasteiger partial charge in [0, 0.05) is 35.5 Å². The van der Waals surface area contributed by atoms with Gasteiger partial charge in [0.25, 0.3) is 5.69 Å². The van der Waals surface area contributed by atoms with E-state index in [4.69, 9.17) is 0 Å². The van der Waals surface area contributed by atoms with Crippen molar-refractivity contribution in [3.63, 3.8) is 0 Å². The number of non-ortho nitro benzene ring substituents is 1. The van der Waals surface area contributed by atoms with E-state index in [1.807, 2.05) is 0 Å². The topological polar surface area (TPSA) is 103 Å². The number of hydrogen-bond acceptors (Lipinski definition) is 7. The molecule has 2 aromatic rings. The number of hydrogen-bond donors (Lipinski definition) is 0. The molecule has 0 aliphatic rings. The normalized spacial score (nSPS) is 11.4. The summed E-state index contributed by atoms with van der Waals surface area (Å²) in [5.41, 5.74) is 0.379. The van der Waals surface area contributed by atoms with Gasteiger partial charge in [-0.15, -0.1) is 5.10 Å². The summed E-state index contributed by atoms with van der Waals surface area (Å²) < 4.78 is 26.6. The Bertz CT molecular complexity index is 708. The maximum atomic E-state index is 11.5. The van der Waals surface area contributed by atoms with Crippen molar-refractivity contribution in [2.24, 2.45) is 0 Å². The van der Waals surface area contributed by atoms with Crippen molar-refractivity contribution in [3.05, 3.63) is 34.4 Å². The maximum absolute atomic E-state index is 11.5. The van der Waals surface area contributed by atoms with E-state index in [0.717, 1.165) is 17.8 Å². The molecule has 9 heteroatoms. The molecule has 1 heterocycles. The number of rotatable bonds is 3. The molecule has 0 spiro atoms. The average Bonchev–Trinajstić information content (AvgIpc) is 2.77. The van der Waals surface area contributed by atoms with Crippen LogP contribution >= 0.6 is 11.5 Å². The molecule has 94 valence electrons. The van der Waals surface area contributed by atoms with E-state index in [1.54, 1.807) is 6.07 Å². The van der Waals surface area contributed by atoms with Gasteiger partial charge in [0.15, 0.2) is 14.0 Å². The summed E-state index contributed by atoms with van der Waals surface area (Å²) >= 11 is 0.747. The van der Waals surface area contributed by atoms with Crippen molar-refractivity contribution in [3.8, 4) is 11.3 Å². The zero-order chi connectivity index (χ0) is 13.3. The molecule has 0 aliphatic heterocycles. The van der Waals surface area contributed by atoms with Crippen molar-refractivity contribution in [1.29, 1.82) is 0 Å². The Morgan fingerprint density at radius 3 is 2.72 bits per heavy atom. The summed E-state index contributed by atoms with van der Waals surface area (Å²) in [7, 11) is -3.45. The van der Waals surface area contributed by atoms with E-state index in [2.05, 4.69) is 9.59 Å². The Kier molecular flexibility index (Phi) is 3.09. The van der Waals surface area contributed by atoms with Crippen LogP contribution in [0.3, 0.4) is 0 Å². The number of nitro benzene ring substituents is 1. The summed E-state index contributed by atoms with van der Waals surface area (Å²) in [5, 5.41) is 14.4. The van der Waals surface area contributed by atoms with Crippen LogP contribution in [0.15, 0.2) is 28.5 Å². The van der Waals surface area contributed by atoms with Crippen LogP contribution in [0.4, 0.5) is 5.69 Å². The lowest BCUT2D eigenvalue weighted by Gasteiger charge is -1.99. The monoisotopic (exact) mass is 285 g/mol. The van der Waals surface area contributed by atoms with Gasteiger partial charge in [-0.2, -0.15) is 0 Å². The minimum Gasteiger partial charge on any atom is -0.258 e. The lowest BCUT2D eigenvalue weighted by Crippen LogP contribution is -1.97. The molecule has 0 saturated carbocycles. The van der Waals surface area contributed by atoms with Crippen LogP contribution in [0.25, 0.3) is 11.3 Å². The first kappa shape index (κ1) is 12.6. The predicted molar refractivity (Wildman–Crippen MR) is 65.1 cm³/mol. The largest absolute Gasteiger partial charge is 0.270 e. The third kappa shape index (κ3) is 2.36. The first-order valence-electron chi connectivity index (χ1n) is 4.67. The predicted octanol–water partition coefficient (Wildman–Crippen LogP) is 1.52. The van der Waals surface area contributed by atoms with Gasteiger partial charge < -0.3 is 0 Å². The summed E-state index contributed by atoms with van der Waals surface area (Å²) in [6.45, 7) is 0. The van der Waals surface area contributed by atoms with Gasteiger partial charge in [-0.1, -0.05) is 16.6 Å². The molecule has 7 nitrogen and oxygen atoms in total. The molecule has 2 rings (SSSR count). The molecule has 0 fully saturated rings. The molecule has 18 heavy (non-hydrogen) atoms. The van der Waals surface area contributed by atoms with Crippen LogP contribution in [0.1, 0.15) is 0 Å². The SMILES string of the molecule is CS(=O)(=O)c1snnc1-c1cccc([N+](=O)[O-])c1. The van der Waals surface area contributed by atoms with Gasteiger partial charge >= 0.3 is 0 Å². The van der Waals surface area contributed by atoms with Crippen molar-refractivity contribution >= 4 is 27.1 Å². The molecular weight excluding hydrogens is 278 g/mol. The van der Waals surface area contributed by atoms with E-state index in [-0.39, 0.29) is 15.6 Å². The van der Waals surface area contributed by atoms with Crippen molar-refractivity contribution in [2.45, 2.75) is 4.21 Å². The molecule has 0 bridgehead atoms. The second-order valence-corrected chi connectivity index (χ2v) is 6.45. The minimum atomic E-state index is -3.45. The molecule has 0 atom stereocenters. The molecule has 0 radical (unpaired) electrons. The highest BCUT2D eigenvalue weighted by molar-refractivity contribution is 7.92. The second kappa shape index (κ2) is 4.42. The lowest BCUT2D eigenvalue weighted by molar-refractivity contribution is -0.384. The summed E-state index contributed by atoms with van der Waals surface area (Å²) in [4.78, 5) is 10.1. The Morgan fingerprint density at radius 2 is 2.11 bits per heavy atom. The summed E-state index contributed by atoms with van der Waals surface area (Å²) in [5.74, 6) is 0. The van der Waals surface area contributed by atoms with Gasteiger partial charge in [-0.3, -0.25) is 10.1 Å². The fourth-order valence-electron chi connectivity index (χ4n) is 1.37. The van der Waals surface area contributed by atoms with Crippen molar-refractivity contribution < 1.29 is 13.3 Å². The summed E-state index contributed by atoms with van der Waals surface area (Å²) in [6, 6.07) is 5.62. The van der Waals surface area contributed by atoms with Gasteiger partial charge in [0.2, 0.25) is 0 Å². The molecule has 1 aromatic heterocycles. The first-order valence-corrected chi connectivity index (χ1v) is 7.33. The summed E-state index contributed by atoms with van der Waals surface area (Å²) in [6.07, 6.45) is 1.04. The fourth-order valence-corrected chi connectivity index (χ4v) is 2.96. The Morgan fingerprint density at radius 1 is 1.39 bits per heavy atom. The van der Waals surface area contributed by atoms with E-state index in [1.165, 1.54) is 18.2 Å². The quantitative estimate of drug-likeness (QED) is 0.625. The third-order valence-corrected chi connectivity index (χ3v) is 4.65. The molecular formula is C9H7N3O4S2. The zero-order valence-electron chi connectivity index (χ0n) is 9.10. The molecule has 0 unspecified atom stereocenters. The van der Waals surface area contributed by atoms with Crippen molar-refractivity contribution in [2.75, 3.05) is 6.26 Å². The van der Waals surface area contributed by atoms with Crippen LogP contribution in [0, 0.1) is 10.1 Å². The number of sulfone groups is 1. The maximum Gasteiger partial charge on any atom is 0.270 e.